The van der Waals surface area contributed by atoms with Gasteiger partial charge >= 0.3 is 0 Å². The van der Waals surface area contributed by atoms with Crippen molar-refractivity contribution in [3.8, 4) is 16.9 Å². The molecule has 1 amide bonds. The van der Waals surface area contributed by atoms with Crippen LogP contribution in [0.1, 0.15) is 21.7 Å². The molecule has 0 saturated carbocycles. The Morgan fingerprint density at radius 2 is 1.93 bits per heavy atom. The Bertz CT molecular complexity index is 1090. The molecule has 2 heterocycles. The molecule has 0 unspecified atom stereocenters. The fourth-order valence-corrected chi connectivity index (χ4v) is 2.89. The minimum atomic E-state index is -0.276. The van der Waals surface area contributed by atoms with Gasteiger partial charge in [0.2, 0.25) is 0 Å². The van der Waals surface area contributed by atoms with Crippen LogP contribution in [-0.4, -0.2) is 31.3 Å². The van der Waals surface area contributed by atoms with Gasteiger partial charge in [0.05, 0.1) is 5.69 Å². The van der Waals surface area contributed by atoms with E-state index in [0.717, 1.165) is 16.8 Å². The van der Waals surface area contributed by atoms with Gasteiger partial charge in [0.1, 0.15) is 23.3 Å². The van der Waals surface area contributed by atoms with E-state index < -0.39 is 0 Å². The number of aromatic nitrogens is 5. The van der Waals surface area contributed by atoms with Crippen molar-refractivity contribution in [2.24, 2.45) is 0 Å². The molecule has 0 atom stereocenters. The van der Waals surface area contributed by atoms with Crippen molar-refractivity contribution in [1.82, 2.24) is 25.4 Å². The van der Waals surface area contributed by atoms with E-state index in [1.165, 1.54) is 6.33 Å². The Hall–Kier alpha value is -3.81. The van der Waals surface area contributed by atoms with Crippen LogP contribution in [0.25, 0.3) is 16.9 Å². The first-order chi connectivity index (χ1) is 13.1. The van der Waals surface area contributed by atoms with E-state index in [-0.39, 0.29) is 5.91 Å². The number of aryl methyl sites for hydroxylation is 2. The number of amides is 1. The molecule has 134 valence electrons. The Morgan fingerprint density at radius 1 is 1.11 bits per heavy atom. The van der Waals surface area contributed by atoms with Gasteiger partial charge in [-0.1, -0.05) is 35.5 Å². The number of carbonyl (C=O) groups is 1. The number of nitrogens with zero attached hydrogens (tertiary/aromatic N) is 5. The van der Waals surface area contributed by atoms with Gasteiger partial charge in [0, 0.05) is 11.3 Å². The number of nitrogens with one attached hydrogen (secondary N) is 1. The molecule has 4 rings (SSSR count). The van der Waals surface area contributed by atoms with Gasteiger partial charge in [-0.15, -0.1) is 5.10 Å². The second-order valence-electron chi connectivity index (χ2n) is 6.04. The summed E-state index contributed by atoms with van der Waals surface area (Å²) in [6, 6.07) is 15.0. The third kappa shape index (κ3) is 3.20. The van der Waals surface area contributed by atoms with Crippen LogP contribution < -0.4 is 5.32 Å². The monoisotopic (exact) mass is 360 g/mol. The first-order valence-corrected chi connectivity index (χ1v) is 8.30. The fraction of sp³-hybridized carbons (Fsp3) is 0.105. The number of anilines is 1. The van der Waals surface area contributed by atoms with E-state index in [0.29, 0.717) is 22.7 Å². The van der Waals surface area contributed by atoms with Gasteiger partial charge < -0.3 is 9.84 Å². The van der Waals surface area contributed by atoms with E-state index in [4.69, 9.17) is 4.52 Å². The summed E-state index contributed by atoms with van der Waals surface area (Å²) in [6.07, 6.45) is 1.52. The highest BCUT2D eigenvalue weighted by Crippen LogP contribution is 2.26. The molecule has 0 aliphatic carbocycles. The number of rotatable bonds is 4. The lowest BCUT2D eigenvalue weighted by molar-refractivity contribution is 0.102. The molecule has 8 heteroatoms. The van der Waals surface area contributed by atoms with Crippen molar-refractivity contribution in [3.63, 3.8) is 0 Å². The summed E-state index contributed by atoms with van der Waals surface area (Å²) in [7, 11) is 0. The molecule has 2 aromatic carbocycles. The highest BCUT2D eigenvalue weighted by molar-refractivity contribution is 6.08. The normalized spacial score (nSPS) is 10.7. The molecule has 0 aliphatic heterocycles. The van der Waals surface area contributed by atoms with E-state index in [1.54, 1.807) is 17.7 Å². The van der Waals surface area contributed by atoms with Gasteiger partial charge in [-0.3, -0.25) is 4.79 Å². The first kappa shape index (κ1) is 16.6. The van der Waals surface area contributed by atoms with E-state index in [2.05, 4.69) is 26.0 Å². The van der Waals surface area contributed by atoms with Crippen molar-refractivity contribution in [3.05, 3.63) is 71.7 Å². The van der Waals surface area contributed by atoms with Gasteiger partial charge in [0.25, 0.3) is 5.91 Å². The average molecular weight is 360 g/mol. The largest absolute Gasteiger partial charge is 0.360 e. The second kappa shape index (κ2) is 6.83. The Labute approximate surface area is 154 Å². The van der Waals surface area contributed by atoms with Crippen molar-refractivity contribution >= 4 is 11.6 Å². The molecule has 0 bridgehead atoms. The third-order valence-corrected chi connectivity index (χ3v) is 4.19. The van der Waals surface area contributed by atoms with Crippen molar-refractivity contribution < 1.29 is 9.32 Å². The minimum Gasteiger partial charge on any atom is -0.360 e. The van der Waals surface area contributed by atoms with Crippen LogP contribution in [0.3, 0.4) is 0 Å². The van der Waals surface area contributed by atoms with Gasteiger partial charge in [0.15, 0.2) is 0 Å². The summed E-state index contributed by atoms with van der Waals surface area (Å²) < 4.78 is 6.83. The summed E-state index contributed by atoms with van der Waals surface area (Å²) in [6.45, 7) is 3.65. The van der Waals surface area contributed by atoms with E-state index >= 15 is 0 Å². The summed E-state index contributed by atoms with van der Waals surface area (Å²) >= 11 is 0. The zero-order chi connectivity index (χ0) is 18.8. The van der Waals surface area contributed by atoms with Crippen LogP contribution in [0.4, 0.5) is 5.69 Å². The Morgan fingerprint density at radius 3 is 2.63 bits per heavy atom. The molecule has 0 spiro atoms. The van der Waals surface area contributed by atoms with Crippen LogP contribution in [0.5, 0.6) is 0 Å². The summed E-state index contributed by atoms with van der Waals surface area (Å²) in [4.78, 5) is 12.9. The van der Waals surface area contributed by atoms with Gasteiger partial charge in [-0.2, -0.15) is 0 Å². The van der Waals surface area contributed by atoms with Crippen LogP contribution in [-0.2, 0) is 0 Å². The van der Waals surface area contributed by atoms with Crippen LogP contribution >= 0.6 is 0 Å². The highest BCUT2D eigenvalue weighted by Gasteiger charge is 2.21. The molecule has 0 saturated heterocycles. The zero-order valence-electron chi connectivity index (χ0n) is 14.7. The molecule has 8 nitrogen and oxygen atoms in total. The molecule has 27 heavy (non-hydrogen) atoms. The minimum absolute atomic E-state index is 0.276. The molecule has 2 aromatic heterocycles. The second-order valence-corrected chi connectivity index (χ2v) is 6.04. The molecule has 4 aromatic rings. The quantitative estimate of drug-likeness (QED) is 0.600. The summed E-state index contributed by atoms with van der Waals surface area (Å²) in [5.74, 6) is 0.190. The number of carbonyl (C=O) groups excluding carboxylic acids is 1. The molecule has 0 radical (unpaired) electrons. The predicted octanol–water partition coefficient (Wildman–Crippen LogP) is 3.19. The first-order valence-electron chi connectivity index (χ1n) is 8.30. The number of benzene rings is 2. The molecule has 1 N–H and O–H groups in total. The van der Waals surface area contributed by atoms with E-state index in [9.17, 15) is 4.79 Å². The standard InChI is InChI=1S/C19H16N6O2/c1-12-10-15(8-9-16(12)25-11-20-23-24-25)21-19(26)17-13(2)27-22-18(17)14-6-4-3-5-7-14/h3-11H,1-2H3,(H,21,26). The van der Waals surface area contributed by atoms with Gasteiger partial charge in [-0.25, -0.2) is 4.68 Å². The highest BCUT2D eigenvalue weighted by atomic mass is 16.5. The van der Waals surface area contributed by atoms with Crippen LogP contribution in [0.15, 0.2) is 59.4 Å². The zero-order valence-corrected chi connectivity index (χ0v) is 14.7. The van der Waals surface area contributed by atoms with Crippen LogP contribution in [0, 0.1) is 13.8 Å². The average Bonchev–Trinajstić information content (AvgIpc) is 3.32. The fourth-order valence-electron chi connectivity index (χ4n) is 2.89. The van der Waals surface area contributed by atoms with E-state index in [1.807, 2.05) is 49.4 Å². The maximum Gasteiger partial charge on any atom is 0.261 e. The smallest absolute Gasteiger partial charge is 0.261 e. The number of hydrogen-bond acceptors (Lipinski definition) is 6. The lowest BCUT2D eigenvalue weighted by atomic mass is 10.1. The topological polar surface area (TPSA) is 98.7 Å². The van der Waals surface area contributed by atoms with Gasteiger partial charge in [-0.05, 0) is 48.0 Å². The maximum absolute atomic E-state index is 12.9. The van der Waals surface area contributed by atoms with Crippen molar-refractivity contribution in [2.45, 2.75) is 13.8 Å². The van der Waals surface area contributed by atoms with Crippen molar-refractivity contribution in [2.75, 3.05) is 5.32 Å². The molecular formula is C19H16N6O2. The van der Waals surface area contributed by atoms with Crippen molar-refractivity contribution in [1.29, 1.82) is 0 Å². The number of hydrogen-bond donors (Lipinski definition) is 1. The molecule has 0 aliphatic rings. The Kier molecular flexibility index (Phi) is 4.21. The molecular weight excluding hydrogens is 344 g/mol. The lowest BCUT2D eigenvalue weighted by Gasteiger charge is -2.09. The summed E-state index contributed by atoms with van der Waals surface area (Å²) in [5, 5.41) is 18.1. The SMILES string of the molecule is Cc1cc(NC(=O)c2c(-c3ccccc3)noc2C)ccc1-n1cnnn1. The lowest BCUT2D eigenvalue weighted by Crippen LogP contribution is -2.14. The number of tetrazole rings is 1. The Balaban J connectivity index is 1.62. The maximum atomic E-state index is 12.9. The summed E-state index contributed by atoms with van der Waals surface area (Å²) in [5.41, 5.74) is 4.18. The predicted molar refractivity (Wildman–Crippen MR) is 98.5 cm³/mol. The molecule has 0 fully saturated rings. The third-order valence-electron chi connectivity index (χ3n) is 4.19. The van der Waals surface area contributed by atoms with Crippen LogP contribution in [0.2, 0.25) is 0 Å².